The average Bonchev–Trinajstić information content (AvgIpc) is 2.82. The minimum atomic E-state index is 0.249. The van der Waals surface area contributed by atoms with Gasteiger partial charge in [0.1, 0.15) is 0 Å². The van der Waals surface area contributed by atoms with Crippen molar-refractivity contribution in [2.45, 2.75) is 39.2 Å². The van der Waals surface area contributed by atoms with Gasteiger partial charge in [-0.2, -0.15) is 0 Å². The summed E-state index contributed by atoms with van der Waals surface area (Å²) in [4.78, 5) is 17.9. The molecule has 0 aliphatic carbocycles. The van der Waals surface area contributed by atoms with Crippen LogP contribution in [0.3, 0.4) is 0 Å². The van der Waals surface area contributed by atoms with E-state index in [1.807, 2.05) is 11.9 Å². The zero-order chi connectivity index (χ0) is 15.7. The fraction of sp³-hybridized carbons (Fsp3) is 0.500. The van der Waals surface area contributed by atoms with E-state index >= 15 is 0 Å². The second-order valence-corrected chi connectivity index (χ2v) is 6.38. The Kier molecular flexibility index (Phi) is 4.21. The van der Waals surface area contributed by atoms with Crippen molar-refractivity contribution in [1.82, 2.24) is 15.2 Å². The Morgan fingerprint density at radius 1 is 1.32 bits per heavy atom. The quantitative estimate of drug-likeness (QED) is 0.915. The molecule has 0 spiro atoms. The number of hydrogen-bond donors (Lipinski definition) is 2. The SMILES string of the molecule is CNC1CCN(C(=O)Cc2ccc3[nH]c(C)c(C)c3c2)CC1. The summed E-state index contributed by atoms with van der Waals surface area (Å²) < 4.78 is 0. The van der Waals surface area contributed by atoms with Crippen LogP contribution in [0, 0.1) is 13.8 Å². The molecule has 3 rings (SSSR count). The molecule has 4 nitrogen and oxygen atoms in total. The Labute approximate surface area is 131 Å². The van der Waals surface area contributed by atoms with Crippen LogP contribution in [0.4, 0.5) is 0 Å². The fourth-order valence-corrected chi connectivity index (χ4v) is 3.32. The van der Waals surface area contributed by atoms with E-state index in [9.17, 15) is 4.79 Å². The van der Waals surface area contributed by atoms with Gasteiger partial charge in [0.05, 0.1) is 6.42 Å². The Morgan fingerprint density at radius 3 is 2.73 bits per heavy atom. The molecule has 2 aromatic rings. The summed E-state index contributed by atoms with van der Waals surface area (Å²) in [6.07, 6.45) is 2.61. The van der Waals surface area contributed by atoms with Crippen molar-refractivity contribution in [2.24, 2.45) is 0 Å². The van der Waals surface area contributed by atoms with Crippen LogP contribution in [-0.2, 0) is 11.2 Å². The average molecular weight is 299 g/mol. The van der Waals surface area contributed by atoms with E-state index in [4.69, 9.17) is 0 Å². The van der Waals surface area contributed by atoms with Gasteiger partial charge in [-0.05, 0) is 57.0 Å². The maximum Gasteiger partial charge on any atom is 0.226 e. The highest BCUT2D eigenvalue weighted by atomic mass is 16.2. The first-order valence-electron chi connectivity index (χ1n) is 8.11. The van der Waals surface area contributed by atoms with Crippen molar-refractivity contribution < 1.29 is 4.79 Å². The van der Waals surface area contributed by atoms with Crippen LogP contribution < -0.4 is 5.32 Å². The number of likely N-dealkylation sites (tertiary alicyclic amines) is 1. The standard InChI is InChI=1S/C18H25N3O/c1-12-13(2)20-17-5-4-14(10-16(12)17)11-18(22)21-8-6-15(19-3)7-9-21/h4-5,10,15,19-20H,6-9,11H2,1-3H3. The highest BCUT2D eigenvalue weighted by Crippen LogP contribution is 2.23. The summed E-state index contributed by atoms with van der Waals surface area (Å²) in [5.41, 5.74) is 4.74. The van der Waals surface area contributed by atoms with E-state index in [0.29, 0.717) is 12.5 Å². The van der Waals surface area contributed by atoms with Crippen molar-refractivity contribution in [2.75, 3.05) is 20.1 Å². The number of rotatable bonds is 3. The number of fused-ring (bicyclic) bond motifs is 1. The van der Waals surface area contributed by atoms with Crippen LogP contribution in [0.1, 0.15) is 29.7 Å². The lowest BCUT2D eigenvalue weighted by atomic mass is 10.0. The van der Waals surface area contributed by atoms with Crippen LogP contribution in [0.15, 0.2) is 18.2 Å². The Morgan fingerprint density at radius 2 is 2.05 bits per heavy atom. The zero-order valence-corrected chi connectivity index (χ0v) is 13.7. The maximum absolute atomic E-state index is 12.5. The molecule has 1 aliphatic rings. The molecule has 1 fully saturated rings. The number of H-pyrrole nitrogens is 1. The lowest BCUT2D eigenvalue weighted by Gasteiger charge is -2.31. The second kappa shape index (κ2) is 6.13. The molecule has 4 heteroatoms. The van der Waals surface area contributed by atoms with E-state index in [2.05, 4.69) is 42.3 Å². The van der Waals surface area contributed by atoms with Crippen LogP contribution >= 0.6 is 0 Å². The predicted octanol–water partition coefficient (Wildman–Crippen LogP) is 2.54. The molecule has 1 aromatic carbocycles. The van der Waals surface area contributed by atoms with Crippen molar-refractivity contribution in [3.63, 3.8) is 0 Å². The molecule has 1 aliphatic heterocycles. The smallest absolute Gasteiger partial charge is 0.226 e. The molecule has 0 saturated carbocycles. The van der Waals surface area contributed by atoms with Gasteiger partial charge in [0, 0.05) is 35.7 Å². The summed E-state index contributed by atoms with van der Waals surface area (Å²) in [6, 6.07) is 6.87. The molecule has 1 aromatic heterocycles. The molecule has 1 saturated heterocycles. The maximum atomic E-state index is 12.5. The third-order valence-corrected chi connectivity index (χ3v) is 4.98. The molecule has 2 heterocycles. The van der Waals surface area contributed by atoms with Crippen LogP contribution in [0.2, 0.25) is 0 Å². The number of benzene rings is 1. The topological polar surface area (TPSA) is 48.1 Å². The monoisotopic (exact) mass is 299 g/mol. The first-order valence-corrected chi connectivity index (χ1v) is 8.11. The van der Waals surface area contributed by atoms with Crippen LogP contribution in [-0.4, -0.2) is 42.0 Å². The molecule has 118 valence electrons. The Bertz CT molecular complexity index is 681. The number of nitrogens with zero attached hydrogens (tertiary/aromatic N) is 1. The number of aromatic amines is 1. The highest BCUT2D eigenvalue weighted by Gasteiger charge is 2.21. The van der Waals surface area contributed by atoms with Crippen LogP contribution in [0.25, 0.3) is 10.9 Å². The second-order valence-electron chi connectivity index (χ2n) is 6.38. The summed E-state index contributed by atoms with van der Waals surface area (Å²) >= 11 is 0. The van der Waals surface area contributed by atoms with Gasteiger partial charge in [0.15, 0.2) is 0 Å². The van der Waals surface area contributed by atoms with Gasteiger partial charge in [0.2, 0.25) is 5.91 Å². The molecule has 2 N–H and O–H groups in total. The summed E-state index contributed by atoms with van der Waals surface area (Å²) in [7, 11) is 2.00. The molecule has 0 bridgehead atoms. The molecular formula is C18H25N3O. The first kappa shape index (κ1) is 15.1. The fourth-order valence-electron chi connectivity index (χ4n) is 3.32. The number of nitrogens with one attached hydrogen (secondary N) is 2. The number of amides is 1. The van der Waals surface area contributed by atoms with E-state index in [1.165, 1.54) is 16.6 Å². The van der Waals surface area contributed by atoms with Crippen molar-refractivity contribution >= 4 is 16.8 Å². The third-order valence-electron chi connectivity index (χ3n) is 4.98. The number of carbonyl (C=O) groups excluding carboxylic acids is 1. The normalized spacial score (nSPS) is 16.4. The Hall–Kier alpha value is -1.81. The lowest BCUT2D eigenvalue weighted by Crippen LogP contribution is -2.44. The largest absolute Gasteiger partial charge is 0.358 e. The van der Waals surface area contributed by atoms with Gasteiger partial charge < -0.3 is 15.2 Å². The van der Waals surface area contributed by atoms with Gasteiger partial charge in [-0.3, -0.25) is 4.79 Å². The number of piperidine rings is 1. The molecular weight excluding hydrogens is 274 g/mol. The van der Waals surface area contributed by atoms with Crippen molar-refractivity contribution in [3.05, 3.63) is 35.0 Å². The van der Waals surface area contributed by atoms with E-state index in [-0.39, 0.29) is 5.91 Å². The predicted molar refractivity (Wildman–Crippen MR) is 90.1 cm³/mol. The number of aromatic nitrogens is 1. The number of hydrogen-bond acceptors (Lipinski definition) is 2. The van der Waals surface area contributed by atoms with Crippen molar-refractivity contribution in [1.29, 1.82) is 0 Å². The van der Waals surface area contributed by atoms with Crippen molar-refractivity contribution in [3.8, 4) is 0 Å². The minimum absolute atomic E-state index is 0.249. The molecule has 22 heavy (non-hydrogen) atoms. The zero-order valence-electron chi connectivity index (χ0n) is 13.7. The first-order chi connectivity index (χ1) is 10.6. The molecule has 1 amide bonds. The highest BCUT2D eigenvalue weighted by molar-refractivity contribution is 5.87. The van der Waals surface area contributed by atoms with E-state index < -0.39 is 0 Å². The van der Waals surface area contributed by atoms with E-state index in [1.54, 1.807) is 0 Å². The minimum Gasteiger partial charge on any atom is -0.358 e. The molecule has 0 atom stereocenters. The summed E-state index contributed by atoms with van der Waals surface area (Å²) in [6.45, 7) is 5.96. The van der Waals surface area contributed by atoms with Gasteiger partial charge in [0.25, 0.3) is 0 Å². The van der Waals surface area contributed by atoms with Crippen LogP contribution in [0.5, 0.6) is 0 Å². The van der Waals surface area contributed by atoms with E-state index in [0.717, 1.165) is 37.0 Å². The number of aryl methyl sites for hydroxylation is 2. The molecule has 0 radical (unpaired) electrons. The van der Waals surface area contributed by atoms with Gasteiger partial charge in [-0.25, -0.2) is 0 Å². The molecule has 0 unspecified atom stereocenters. The third kappa shape index (κ3) is 2.88. The Balaban J connectivity index is 1.70. The summed E-state index contributed by atoms with van der Waals surface area (Å²) in [5, 5.41) is 4.53. The number of carbonyl (C=O) groups is 1. The van der Waals surface area contributed by atoms with Gasteiger partial charge >= 0.3 is 0 Å². The van der Waals surface area contributed by atoms with Gasteiger partial charge in [-0.1, -0.05) is 6.07 Å². The lowest BCUT2D eigenvalue weighted by molar-refractivity contribution is -0.131. The van der Waals surface area contributed by atoms with Gasteiger partial charge in [-0.15, -0.1) is 0 Å². The summed E-state index contributed by atoms with van der Waals surface area (Å²) in [5.74, 6) is 0.249.